The first kappa shape index (κ1) is 28.2. The van der Waals surface area contributed by atoms with Gasteiger partial charge in [0.25, 0.3) is 0 Å². The molecule has 1 heterocycles. The molecular weight excluding hydrogens is 534 g/mol. The van der Waals surface area contributed by atoms with Gasteiger partial charge in [0, 0.05) is 28.2 Å². The van der Waals surface area contributed by atoms with Gasteiger partial charge in [-0.15, -0.1) is 22.0 Å². The number of urea groups is 1. The summed E-state index contributed by atoms with van der Waals surface area (Å²) in [6.45, 7) is 6.54. The van der Waals surface area contributed by atoms with Gasteiger partial charge in [-0.05, 0) is 41.3 Å². The average molecular weight is 564 g/mol. The van der Waals surface area contributed by atoms with Crippen molar-refractivity contribution in [1.29, 1.82) is 0 Å². The van der Waals surface area contributed by atoms with Crippen LogP contribution in [0.25, 0.3) is 28.5 Å². The minimum Gasteiger partial charge on any atom is -0.495 e. The average Bonchev–Trinajstić information content (AvgIpc) is 3.33. The van der Waals surface area contributed by atoms with Crippen LogP contribution >= 0.6 is 23.4 Å². The number of methoxy groups -OCH3 is 1. The van der Waals surface area contributed by atoms with E-state index in [1.807, 2.05) is 47.0 Å². The number of ether oxygens (including phenoxy) is 1. The number of benzene rings is 3. The molecule has 8 nitrogen and oxygen atoms in total. The zero-order chi connectivity index (χ0) is 28.2. The van der Waals surface area contributed by atoms with Crippen molar-refractivity contribution in [2.75, 3.05) is 12.9 Å². The molecule has 0 aliphatic heterocycles. The summed E-state index contributed by atoms with van der Waals surface area (Å²) in [6, 6.07) is 20.9. The molecule has 0 saturated carbocycles. The van der Waals surface area contributed by atoms with Crippen molar-refractivity contribution in [2.45, 2.75) is 37.5 Å². The molecule has 4 rings (SSSR count). The van der Waals surface area contributed by atoms with Crippen LogP contribution in [-0.2, 0) is 10.2 Å². The Balaban J connectivity index is 1.67. The van der Waals surface area contributed by atoms with Crippen LogP contribution < -0.4 is 15.8 Å². The molecule has 3 aromatic carbocycles. The topological polar surface area (TPSA) is 112 Å². The van der Waals surface area contributed by atoms with E-state index in [1.54, 1.807) is 7.11 Å². The van der Waals surface area contributed by atoms with Crippen molar-refractivity contribution in [3.8, 4) is 34.2 Å². The highest BCUT2D eigenvalue weighted by atomic mass is 35.5. The minimum absolute atomic E-state index is 0.0340. The quantitative estimate of drug-likeness (QED) is 0.245. The lowest BCUT2D eigenvalue weighted by atomic mass is 9.86. The van der Waals surface area contributed by atoms with Crippen LogP contribution in [0.5, 0.6) is 5.75 Å². The van der Waals surface area contributed by atoms with E-state index < -0.39 is 11.9 Å². The van der Waals surface area contributed by atoms with Crippen molar-refractivity contribution in [2.24, 2.45) is 5.73 Å². The number of imide groups is 1. The fourth-order valence-corrected chi connectivity index (χ4v) is 5.08. The largest absolute Gasteiger partial charge is 0.495 e. The molecule has 0 fully saturated rings. The van der Waals surface area contributed by atoms with E-state index in [1.165, 1.54) is 17.3 Å². The lowest BCUT2D eigenvalue weighted by Gasteiger charge is -2.19. The van der Waals surface area contributed by atoms with Gasteiger partial charge in [-0.25, -0.2) is 4.79 Å². The Morgan fingerprint density at radius 3 is 2.08 bits per heavy atom. The summed E-state index contributed by atoms with van der Waals surface area (Å²) in [5.74, 6) is 2.03. The van der Waals surface area contributed by atoms with Gasteiger partial charge in [0.05, 0.1) is 17.8 Å². The van der Waals surface area contributed by atoms with Crippen molar-refractivity contribution >= 4 is 35.3 Å². The summed E-state index contributed by atoms with van der Waals surface area (Å²) in [5, 5.41) is 11.7. The number of nitrogens with two attached hydrogens (primary N) is 1. The monoisotopic (exact) mass is 563 g/mol. The molecule has 1 aromatic heterocycles. The van der Waals surface area contributed by atoms with Gasteiger partial charge >= 0.3 is 6.03 Å². The number of amides is 3. The lowest BCUT2D eigenvalue weighted by Crippen LogP contribution is -2.35. The van der Waals surface area contributed by atoms with Crippen LogP contribution in [0.4, 0.5) is 4.79 Å². The van der Waals surface area contributed by atoms with Gasteiger partial charge in [-0.2, -0.15) is 0 Å². The molecule has 0 aliphatic rings. The third-order valence-corrected chi connectivity index (χ3v) is 7.35. The standard InChI is InChI=1S/C29H30ClN5O3S/c1-29(2,3)20-9-5-18(6-10-20)26-33-34-27(35(26)21-11-14-24(38-4)23(30)17-21)19-7-12-22(13-8-19)39-16-15-25(36)32-28(31)37/h5-14,17H,15-16H2,1-4H3,(H3,31,32,36,37). The van der Waals surface area contributed by atoms with Gasteiger partial charge in [0.2, 0.25) is 5.91 Å². The number of carbonyl (C=O) groups is 2. The maximum atomic E-state index is 11.6. The van der Waals surface area contributed by atoms with Crippen LogP contribution in [0.15, 0.2) is 71.6 Å². The lowest BCUT2D eigenvalue weighted by molar-refractivity contribution is -0.119. The Kier molecular flexibility index (Phi) is 8.62. The number of carbonyl (C=O) groups excluding carboxylic acids is 2. The Morgan fingerprint density at radius 1 is 0.974 bits per heavy atom. The summed E-state index contributed by atoms with van der Waals surface area (Å²) in [6.07, 6.45) is 0.180. The molecule has 0 atom stereocenters. The van der Waals surface area contributed by atoms with Crippen LogP contribution in [0.2, 0.25) is 5.02 Å². The molecule has 3 amide bonds. The van der Waals surface area contributed by atoms with Crippen molar-refractivity contribution in [3.63, 3.8) is 0 Å². The molecule has 0 spiro atoms. The second-order valence-electron chi connectivity index (χ2n) is 9.86. The maximum absolute atomic E-state index is 11.6. The summed E-state index contributed by atoms with van der Waals surface area (Å²) in [5.41, 5.74) is 8.83. The smallest absolute Gasteiger partial charge is 0.318 e. The van der Waals surface area contributed by atoms with Gasteiger partial charge in [0.15, 0.2) is 11.6 Å². The van der Waals surface area contributed by atoms with E-state index in [0.717, 1.165) is 21.7 Å². The summed E-state index contributed by atoms with van der Waals surface area (Å²) in [7, 11) is 1.58. The molecule has 10 heteroatoms. The number of thioether (sulfide) groups is 1. The SMILES string of the molecule is COc1ccc(-n2c(-c3ccc(SCCC(=O)NC(N)=O)cc3)nnc2-c2ccc(C(C)(C)C)cc2)cc1Cl. The van der Waals surface area contributed by atoms with E-state index in [0.29, 0.717) is 28.2 Å². The Hall–Kier alpha value is -3.82. The molecular formula is C29H30ClN5O3S. The third kappa shape index (κ3) is 6.79. The summed E-state index contributed by atoms with van der Waals surface area (Å²) in [4.78, 5) is 23.4. The zero-order valence-corrected chi connectivity index (χ0v) is 23.8. The number of halogens is 1. The fourth-order valence-electron chi connectivity index (χ4n) is 3.98. The molecule has 0 unspecified atom stereocenters. The normalized spacial score (nSPS) is 11.3. The molecule has 3 N–H and O–H groups in total. The Labute approximate surface area is 236 Å². The first-order chi connectivity index (χ1) is 18.6. The second kappa shape index (κ2) is 11.9. The molecule has 0 radical (unpaired) electrons. The number of nitrogens with zero attached hydrogens (tertiary/aromatic N) is 3. The molecule has 4 aromatic rings. The van der Waals surface area contributed by atoms with Crippen LogP contribution in [-0.4, -0.2) is 39.6 Å². The van der Waals surface area contributed by atoms with Crippen molar-refractivity contribution < 1.29 is 14.3 Å². The minimum atomic E-state index is -0.846. The number of hydrogen-bond donors (Lipinski definition) is 2. The van der Waals surface area contributed by atoms with Crippen molar-refractivity contribution in [1.82, 2.24) is 20.1 Å². The number of primary amides is 1. The van der Waals surface area contributed by atoms with Gasteiger partial charge in [0.1, 0.15) is 5.75 Å². The highest BCUT2D eigenvalue weighted by Gasteiger charge is 2.20. The fraction of sp³-hybridized carbons (Fsp3) is 0.241. The van der Waals surface area contributed by atoms with Crippen molar-refractivity contribution in [3.05, 3.63) is 77.3 Å². The number of nitrogens with one attached hydrogen (secondary N) is 1. The third-order valence-electron chi connectivity index (χ3n) is 6.04. The van der Waals surface area contributed by atoms with Crippen LogP contribution in [0.1, 0.15) is 32.8 Å². The van der Waals surface area contributed by atoms with Gasteiger partial charge in [-0.1, -0.05) is 68.8 Å². The first-order valence-corrected chi connectivity index (χ1v) is 13.7. The summed E-state index contributed by atoms with van der Waals surface area (Å²) >= 11 is 8.00. The van der Waals surface area contributed by atoms with E-state index in [-0.39, 0.29) is 11.8 Å². The predicted molar refractivity (Wildman–Crippen MR) is 156 cm³/mol. The Morgan fingerprint density at radius 2 is 1.56 bits per heavy atom. The second-order valence-corrected chi connectivity index (χ2v) is 11.4. The molecule has 39 heavy (non-hydrogen) atoms. The predicted octanol–water partition coefficient (Wildman–Crippen LogP) is 6.24. The number of rotatable bonds is 8. The molecule has 202 valence electrons. The number of hydrogen-bond acceptors (Lipinski definition) is 6. The van der Waals surface area contributed by atoms with E-state index in [9.17, 15) is 9.59 Å². The first-order valence-electron chi connectivity index (χ1n) is 12.3. The zero-order valence-electron chi connectivity index (χ0n) is 22.2. The highest BCUT2D eigenvalue weighted by Crippen LogP contribution is 2.34. The maximum Gasteiger partial charge on any atom is 0.318 e. The van der Waals surface area contributed by atoms with Gasteiger partial charge in [-0.3, -0.25) is 14.7 Å². The number of aromatic nitrogens is 3. The van der Waals surface area contributed by atoms with E-state index in [4.69, 9.17) is 22.1 Å². The van der Waals surface area contributed by atoms with E-state index >= 15 is 0 Å². The molecule has 0 aliphatic carbocycles. The molecule has 0 saturated heterocycles. The van der Waals surface area contributed by atoms with Gasteiger partial charge < -0.3 is 10.5 Å². The Bertz CT molecular complexity index is 1480. The molecule has 0 bridgehead atoms. The van der Waals surface area contributed by atoms with Crippen LogP contribution in [0, 0.1) is 0 Å². The van der Waals surface area contributed by atoms with Crippen LogP contribution in [0.3, 0.4) is 0 Å². The van der Waals surface area contributed by atoms with E-state index in [2.05, 4.69) is 60.6 Å². The highest BCUT2D eigenvalue weighted by molar-refractivity contribution is 7.99. The summed E-state index contributed by atoms with van der Waals surface area (Å²) < 4.78 is 7.33.